The van der Waals surface area contributed by atoms with Crippen LogP contribution in [0.2, 0.25) is 0 Å². The van der Waals surface area contributed by atoms with E-state index in [1.54, 1.807) is 17.6 Å². The van der Waals surface area contributed by atoms with Crippen LogP contribution in [0.4, 0.5) is 0 Å². The summed E-state index contributed by atoms with van der Waals surface area (Å²) >= 11 is 1.60. The molecular weight excluding hydrogens is 274 g/mol. The number of aromatic nitrogens is 1. The van der Waals surface area contributed by atoms with Crippen LogP contribution in [0.15, 0.2) is 28.2 Å². The van der Waals surface area contributed by atoms with Crippen LogP contribution in [0.1, 0.15) is 25.0 Å². The molecule has 3 rings (SSSR count). The quantitative estimate of drug-likeness (QED) is 0.937. The number of nitrogens with two attached hydrogens (primary N) is 1. The second-order valence-electron chi connectivity index (χ2n) is 5.01. The molecule has 1 aliphatic heterocycles. The topological polar surface area (TPSA) is 72.4 Å². The van der Waals surface area contributed by atoms with Gasteiger partial charge in [0.05, 0.1) is 16.6 Å². The second-order valence-corrected chi connectivity index (χ2v) is 5.95. The number of amides is 1. The highest BCUT2D eigenvalue weighted by atomic mass is 32.1. The normalized spacial score (nSPS) is 20.1. The van der Waals surface area contributed by atoms with Crippen LogP contribution in [-0.4, -0.2) is 28.4 Å². The summed E-state index contributed by atoms with van der Waals surface area (Å²) in [4.78, 5) is 19.1. The number of oxazole rings is 1. The number of thiophene rings is 1. The summed E-state index contributed by atoms with van der Waals surface area (Å²) in [5, 5.41) is 1.99. The number of likely N-dealkylation sites (tertiary alicyclic amines) is 1. The smallest absolute Gasteiger partial charge is 0.236 e. The Kier molecular flexibility index (Phi) is 3.84. The molecule has 3 heterocycles. The van der Waals surface area contributed by atoms with Gasteiger partial charge in [-0.15, -0.1) is 11.3 Å². The first-order valence-corrected chi connectivity index (χ1v) is 7.63. The molecule has 0 spiro atoms. The van der Waals surface area contributed by atoms with E-state index < -0.39 is 0 Å². The third-order valence-electron chi connectivity index (χ3n) is 3.59. The number of hydrogen-bond acceptors (Lipinski definition) is 5. The van der Waals surface area contributed by atoms with Crippen molar-refractivity contribution in [2.75, 3.05) is 6.54 Å². The zero-order valence-electron chi connectivity index (χ0n) is 11.1. The number of nitrogens with zero attached hydrogens (tertiary/aromatic N) is 2. The zero-order chi connectivity index (χ0) is 13.9. The Morgan fingerprint density at radius 1 is 1.55 bits per heavy atom. The van der Waals surface area contributed by atoms with Gasteiger partial charge < -0.3 is 10.2 Å². The Bertz CT molecular complexity index is 579. The molecule has 2 N–H and O–H groups in total. The minimum Gasteiger partial charge on any atom is -0.444 e. The van der Waals surface area contributed by atoms with E-state index >= 15 is 0 Å². The molecule has 1 aliphatic rings. The Hall–Kier alpha value is -1.66. The van der Waals surface area contributed by atoms with Gasteiger partial charge >= 0.3 is 0 Å². The molecular formula is C14H17N3O2S. The van der Waals surface area contributed by atoms with Crippen LogP contribution >= 0.6 is 11.3 Å². The molecule has 1 fully saturated rings. The van der Waals surface area contributed by atoms with E-state index in [9.17, 15) is 4.79 Å². The van der Waals surface area contributed by atoms with Gasteiger partial charge in [0, 0.05) is 6.54 Å². The van der Waals surface area contributed by atoms with Gasteiger partial charge in [0.25, 0.3) is 0 Å². The summed E-state index contributed by atoms with van der Waals surface area (Å²) in [5.74, 6) is 0.398. The van der Waals surface area contributed by atoms with E-state index in [-0.39, 0.29) is 11.9 Å². The van der Waals surface area contributed by atoms with Crippen molar-refractivity contribution in [2.45, 2.75) is 31.8 Å². The maximum absolute atomic E-state index is 11.5. The van der Waals surface area contributed by atoms with Gasteiger partial charge in [0.15, 0.2) is 0 Å². The van der Waals surface area contributed by atoms with Crippen molar-refractivity contribution in [3.05, 3.63) is 29.5 Å². The van der Waals surface area contributed by atoms with Gasteiger partial charge in [-0.2, -0.15) is 0 Å². The number of carbonyl (C=O) groups excluding carboxylic acids is 1. The van der Waals surface area contributed by atoms with E-state index in [1.807, 2.05) is 17.5 Å². The third kappa shape index (κ3) is 2.76. The number of primary amides is 1. The van der Waals surface area contributed by atoms with Gasteiger partial charge in [-0.3, -0.25) is 9.69 Å². The fraction of sp³-hybridized carbons (Fsp3) is 0.429. The molecule has 0 aromatic carbocycles. The summed E-state index contributed by atoms with van der Waals surface area (Å²) in [5.41, 5.74) is 6.32. The van der Waals surface area contributed by atoms with Gasteiger partial charge in [0.1, 0.15) is 6.26 Å². The van der Waals surface area contributed by atoms with Crippen LogP contribution in [0.25, 0.3) is 10.8 Å². The Morgan fingerprint density at radius 3 is 3.20 bits per heavy atom. The van der Waals surface area contributed by atoms with Crippen molar-refractivity contribution in [1.29, 1.82) is 0 Å². The SMILES string of the molecule is NC(=O)[C@@H]1CCCCN1Cc1coc(-c2cccs2)n1. The Morgan fingerprint density at radius 2 is 2.45 bits per heavy atom. The van der Waals surface area contributed by atoms with Crippen molar-refractivity contribution in [2.24, 2.45) is 5.73 Å². The summed E-state index contributed by atoms with van der Waals surface area (Å²) < 4.78 is 5.50. The van der Waals surface area contributed by atoms with E-state index in [4.69, 9.17) is 10.2 Å². The lowest BCUT2D eigenvalue weighted by atomic mass is 10.0. The van der Waals surface area contributed by atoms with Gasteiger partial charge in [-0.1, -0.05) is 12.5 Å². The lowest BCUT2D eigenvalue weighted by Gasteiger charge is -2.32. The van der Waals surface area contributed by atoms with Crippen LogP contribution in [0.5, 0.6) is 0 Å². The molecule has 1 atom stereocenters. The molecule has 20 heavy (non-hydrogen) atoms. The highest BCUT2D eigenvalue weighted by Crippen LogP contribution is 2.25. The molecule has 2 aromatic rings. The van der Waals surface area contributed by atoms with Crippen LogP contribution in [-0.2, 0) is 11.3 Å². The van der Waals surface area contributed by atoms with E-state index in [0.717, 1.165) is 36.4 Å². The highest BCUT2D eigenvalue weighted by Gasteiger charge is 2.27. The van der Waals surface area contributed by atoms with Gasteiger partial charge in [0.2, 0.25) is 11.8 Å². The molecule has 0 unspecified atom stereocenters. The number of hydrogen-bond donors (Lipinski definition) is 1. The van der Waals surface area contributed by atoms with Gasteiger partial charge in [-0.05, 0) is 30.8 Å². The lowest BCUT2D eigenvalue weighted by Crippen LogP contribution is -2.47. The van der Waals surface area contributed by atoms with E-state index in [2.05, 4.69) is 9.88 Å². The van der Waals surface area contributed by atoms with Crippen LogP contribution in [0.3, 0.4) is 0 Å². The molecule has 6 heteroatoms. The summed E-state index contributed by atoms with van der Waals surface area (Å²) in [7, 11) is 0. The monoisotopic (exact) mass is 291 g/mol. The third-order valence-corrected chi connectivity index (χ3v) is 4.45. The Labute approximate surface area is 121 Å². The number of piperidine rings is 1. The fourth-order valence-electron chi connectivity index (χ4n) is 2.60. The lowest BCUT2D eigenvalue weighted by molar-refractivity contribution is -0.124. The minimum atomic E-state index is -0.244. The molecule has 0 saturated carbocycles. The van der Waals surface area contributed by atoms with Gasteiger partial charge in [-0.25, -0.2) is 4.98 Å². The average molecular weight is 291 g/mol. The standard InChI is InChI=1S/C14H17N3O2S/c15-13(18)11-4-1-2-6-17(11)8-10-9-19-14(16-10)12-5-3-7-20-12/h3,5,7,9,11H,1-2,4,6,8H2,(H2,15,18)/t11-/m0/s1. The molecule has 2 aromatic heterocycles. The summed E-state index contributed by atoms with van der Waals surface area (Å²) in [6.07, 6.45) is 4.66. The average Bonchev–Trinajstić information content (AvgIpc) is 3.09. The van der Waals surface area contributed by atoms with Crippen molar-refractivity contribution >= 4 is 17.2 Å². The number of carbonyl (C=O) groups is 1. The first kappa shape index (κ1) is 13.3. The summed E-state index contributed by atoms with van der Waals surface area (Å²) in [6, 6.07) is 3.77. The van der Waals surface area contributed by atoms with Crippen LogP contribution in [0, 0.1) is 0 Å². The van der Waals surface area contributed by atoms with Crippen molar-refractivity contribution < 1.29 is 9.21 Å². The van der Waals surface area contributed by atoms with E-state index in [1.165, 1.54) is 0 Å². The zero-order valence-corrected chi connectivity index (χ0v) is 11.9. The first-order valence-electron chi connectivity index (χ1n) is 6.75. The molecule has 0 aliphatic carbocycles. The molecule has 1 saturated heterocycles. The largest absolute Gasteiger partial charge is 0.444 e. The highest BCUT2D eigenvalue weighted by molar-refractivity contribution is 7.13. The Balaban J connectivity index is 1.72. The van der Waals surface area contributed by atoms with Crippen molar-refractivity contribution in [1.82, 2.24) is 9.88 Å². The van der Waals surface area contributed by atoms with E-state index in [0.29, 0.717) is 12.4 Å². The predicted octanol–water partition coefficient (Wildman–Crippen LogP) is 2.24. The number of rotatable bonds is 4. The second kappa shape index (κ2) is 5.76. The molecule has 0 bridgehead atoms. The molecule has 0 radical (unpaired) electrons. The summed E-state index contributed by atoms with van der Waals surface area (Å²) in [6.45, 7) is 1.50. The maximum atomic E-state index is 11.5. The van der Waals surface area contributed by atoms with Crippen LogP contribution < -0.4 is 5.73 Å². The minimum absolute atomic E-state index is 0.175. The molecule has 1 amide bonds. The predicted molar refractivity (Wildman–Crippen MR) is 77.1 cm³/mol. The maximum Gasteiger partial charge on any atom is 0.236 e. The molecule has 106 valence electrons. The van der Waals surface area contributed by atoms with Crippen molar-refractivity contribution in [3.63, 3.8) is 0 Å². The first-order chi connectivity index (χ1) is 9.74. The molecule has 5 nitrogen and oxygen atoms in total. The fourth-order valence-corrected chi connectivity index (χ4v) is 3.26. The van der Waals surface area contributed by atoms with Crippen molar-refractivity contribution in [3.8, 4) is 10.8 Å².